The van der Waals surface area contributed by atoms with E-state index in [2.05, 4.69) is 5.10 Å². The molecule has 0 spiro atoms. The lowest BCUT2D eigenvalue weighted by Gasteiger charge is -2.07. The first-order chi connectivity index (χ1) is 8.11. The lowest BCUT2D eigenvalue weighted by molar-refractivity contribution is 0.615. The molecule has 1 heterocycles. The molecule has 0 unspecified atom stereocenters. The van der Waals surface area contributed by atoms with Gasteiger partial charge in [0.05, 0.1) is 6.54 Å². The second kappa shape index (κ2) is 4.50. The molecule has 5 nitrogen and oxygen atoms in total. The Morgan fingerprint density at radius 2 is 2.18 bits per heavy atom. The van der Waals surface area contributed by atoms with Crippen LogP contribution >= 0.6 is 0 Å². The summed E-state index contributed by atoms with van der Waals surface area (Å²) < 4.78 is 15.7. The highest BCUT2D eigenvalue weighted by Gasteiger charge is 2.07. The Balaban J connectivity index is 2.36. The Morgan fingerprint density at radius 3 is 2.76 bits per heavy atom. The fourth-order valence-electron chi connectivity index (χ4n) is 1.63. The van der Waals surface area contributed by atoms with Crippen LogP contribution in [0.3, 0.4) is 0 Å². The van der Waals surface area contributed by atoms with Crippen molar-refractivity contribution in [3.8, 4) is 0 Å². The molecule has 0 radical (unpaired) electrons. The van der Waals surface area contributed by atoms with Gasteiger partial charge in [-0.05, 0) is 23.3 Å². The van der Waals surface area contributed by atoms with Gasteiger partial charge in [0.1, 0.15) is 12.1 Å². The van der Waals surface area contributed by atoms with Gasteiger partial charge >= 0.3 is 5.69 Å². The summed E-state index contributed by atoms with van der Waals surface area (Å²) in [4.78, 5) is 11.6. The lowest BCUT2D eigenvalue weighted by Crippen LogP contribution is -2.24. The molecule has 1 aromatic carbocycles. The Bertz CT molecular complexity index is 587. The quantitative estimate of drug-likeness (QED) is 0.829. The van der Waals surface area contributed by atoms with Crippen molar-refractivity contribution in [3.05, 3.63) is 52.0 Å². The van der Waals surface area contributed by atoms with Crippen LogP contribution in [0.4, 0.5) is 4.39 Å². The van der Waals surface area contributed by atoms with Crippen molar-refractivity contribution in [2.45, 2.75) is 13.1 Å². The summed E-state index contributed by atoms with van der Waals surface area (Å²) in [5.41, 5.74) is 6.81. The number of hydrogen-bond acceptors (Lipinski definition) is 3. The van der Waals surface area contributed by atoms with E-state index in [0.717, 1.165) is 5.56 Å². The molecule has 0 bridgehead atoms. The maximum Gasteiger partial charge on any atom is 0.345 e. The summed E-state index contributed by atoms with van der Waals surface area (Å²) in [6, 6.07) is 4.35. The minimum atomic E-state index is -0.331. The fraction of sp³-hybridized carbons (Fsp3) is 0.273. The van der Waals surface area contributed by atoms with E-state index in [9.17, 15) is 9.18 Å². The first kappa shape index (κ1) is 11.5. The molecule has 0 saturated carbocycles. The third kappa shape index (κ3) is 2.26. The van der Waals surface area contributed by atoms with Gasteiger partial charge in [0.15, 0.2) is 0 Å². The molecule has 0 aliphatic heterocycles. The molecule has 0 saturated heterocycles. The van der Waals surface area contributed by atoms with E-state index in [1.165, 1.54) is 27.7 Å². The summed E-state index contributed by atoms with van der Waals surface area (Å²) >= 11 is 0. The first-order valence-corrected chi connectivity index (χ1v) is 5.17. The molecule has 2 aromatic rings. The van der Waals surface area contributed by atoms with E-state index in [-0.39, 0.29) is 18.1 Å². The molecule has 2 rings (SSSR count). The van der Waals surface area contributed by atoms with E-state index in [1.807, 2.05) is 0 Å². The predicted molar refractivity (Wildman–Crippen MR) is 60.9 cm³/mol. The summed E-state index contributed by atoms with van der Waals surface area (Å²) in [6.07, 6.45) is 1.44. The van der Waals surface area contributed by atoms with E-state index in [4.69, 9.17) is 5.73 Å². The zero-order valence-electron chi connectivity index (χ0n) is 9.43. The largest absolute Gasteiger partial charge is 0.345 e. The number of nitrogens with two attached hydrogens (primary N) is 1. The zero-order valence-corrected chi connectivity index (χ0v) is 9.43. The Kier molecular flexibility index (Phi) is 3.06. The summed E-state index contributed by atoms with van der Waals surface area (Å²) in [6.45, 7) is 0.529. The molecule has 6 heteroatoms. The van der Waals surface area contributed by atoms with Crippen LogP contribution in [0.1, 0.15) is 11.1 Å². The summed E-state index contributed by atoms with van der Waals surface area (Å²) in [5, 5.41) is 3.94. The molecule has 0 fully saturated rings. The van der Waals surface area contributed by atoms with Crippen molar-refractivity contribution in [3.63, 3.8) is 0 Å². The lowest BCUT2D eigenvalue weighted by atomic mass is 10.1. The van der Waals surface area contributed by atoms with Gasteiger partial charge in [0.2, 0.25) is 0 Å². The van der Waals surface area contributed by atoms with Gasteiger partial charge in [-0.2, -0.15) is 5.10 Å². The Hall–Kier alpha value is -1.95. The normalized spacial score (nSPS) is 10.8. The SMILES string of the molecule is Cn1cnn(Cc2ccc(F)cc2CN)c1=O. The van der Waals surface area contributed by atoms with Gasteiger partial charge in [0.25, 0.3) is 0 Å². The van der Waals surface area contributed by atoms with Crippen LogP contribution in [0.15, 0.2) is 29.3 Å². The zero-order chi connectivity index (χ0) is 12.4. The molecule has 0 aliphatic rings. The molecule has 90 valence electrons. The van der Waals surface area contributed by atoms with E-state index >= 15 is 0 Å². The number of nitrogens with zero attached hydrogens (tertiary/aromatic N) is 3. The van der Waals surface area contributed by atoms with Crippen LogP contribution in [0.5, 0.6) is 0 Å². The molecule has 0 atom stereocenters. The van der Waals surface area contributed by atoms with E-state index in [0.29, 0.717) is 12.1 Å². The van der Waals surface area contributed by atoms with Crippen molar-refractivity contribution in [2.24, 2.45) is 12.8 Å². The first-order valence-electron chi connectivity index (χ1n) is 5.17. The van der Waals surface area contributed by atoms with Crippen LogP contribution in [-0.2, 0) is 20.1 Å². The molecular formula is C11H13FN4O. The van der Waals surface area contributed by atoms with Gasteiger partial charge in [-0.3, -0.25) is 4.57 Å². The van der Waals surface area contributed by atoms with Gasteiger partial charge < -0.3 is 5.73 Å². The fourth-order valence-corrected chi connectivity index (χ4v) is 1.63. The van der Waals surface area contributed by atoms with Crippen LogP contribution in [0, 0.1) is 5.82 Å². The third-order valence-corrected chi connectivity index (χ3v) is 2.60. The van der Waals surface area contributed by atoms with Crippen LogP contribution in [-0.4, -0.2) is 14.3 Å². The average Bonchev–Trinajstić information content (AvgIpc) is 2.63. The predicted octanol–water partition coefficient (Wildman–Crippen LogP) is 0.228. The van der Waals surface area contributed by atoms with Crippen LogP contribution in [0.25, 0.3) is 0 Å². The third-order valence-electron chi connectivity index (χ3n) is 2.60. The van der Waals surface area contributed by atoms with E-state index in [1.54, 1.807) is 13.1 Å². The molecule has 17 heavy (non-hydrogen) atoms. The minimum absolute atomic E-state index is 0.211. The average molecular weight is 236 g/mol. The van der Waals surface area contributed by atoms with Crippen molar-refractivity contribution in [2.75, 3.05) is 0 Å². The monoisotopic (exact) mass is 236 g/mol. The van der Waals surface area contributed by atoms with Gasteiger partial charge in [-0.15, -0.1) is 0 Å². The molecular weight excluding hydrogens is 223 g/mol. The van der Waals surface area contributed by atoms with Gasteiger partial charge in [-0.1, -0.05) is 6.07 Å². The summed E-state index contributed by atoms with van der Waals surface area (Å²) in [5.74, 6) is -0.331. The maximum absolute atomic E-state index is 13.0. The van der Waals surface area contributed by atoms with Crippen LogP contribution < -0.4 is 11.4 Å². The highest BCUT2D eigenvalue weighted by molar-refractivity contribution is 5.27. The minimum Gasteiger partial charge on any atom is -0.326 e. The maximum atomic E-state index is 13.0. The van der Waals surface area contributed by atoms with Crippen LogP contribution in [0.2, 0.25) is 0 Å². The number of aryl methyl sites for hydroxylation is 1. The highest BCUT2D eigenvalue weighted by atomic mass is 19.1. The topological polar surface area (TPSA) is 65.8 Å². The molecule has 0 amide bonds. The molecule has 2 N–H and O–H groups in total. The smallest absolute Gasteiger partial charge is 0.326 e. The van der Waals surface area contributed by atoms with Crippen molar-refractivity contribution in [1.82, 2.24) is 14.3 Å². The number of halogens is 1. The summed E-state index contributed by atoms with van der Waals surface area (Å²) in [7, 11) is 1.63. The van der Waals surface area contributed by atoms with Crippen molar-refractivity contribution in [1.29, 1.82) is 0 Å². The Labute approximate surface area is 97.3 Å². The number of hydrogen-bond donors (Lipinski definition) is 1. The Morgan fingerprint density at radius 1 is 1.41 bits per heavy atom. The molecule has 1 aromatic heterocycles. The van der Waals surface area contributed by atoms with Crippen molar-refractivity contribution >= 4 is 0 Å². The van der Waals surface area contributed by atoms with Gasteiger partial charge in [0, 0.05) is 13.6 Å². The number of rotatable bonds is 3. The number of aromatic nitrogens is 3. The number of benzene rings is 1. The second-order valence-corrected chi connectivity index (χ2v) is 3.80. The van der Waals surface area contributed by atoms with E-state index < -0.39 is 0 Å². The van der Waals surface area contributed by atoms with Gasteiger partial charge in [-0.25, -0.2) is 13.9 Å². The second-order valence-electron chi connectivity index (χ2n) is 3.80. The highest BCUT2D eigenvalue weighted by Crippen LogP contribution is 2.11. The molecule has 0 aliphatic carbocycles. The standard InChI is InChI=1S/C11H13FN4O/c1-15-7-14-16(11(15)17)6-8-2-3-10(12)4-9(8)5-13/h2-4,7H,5-6,13H2,1H3. The van der Waals surface area contributed by atoms with Crippen molar-refractivity contribution < 1.29 is 4.39 Å².